The molecule has 1 aromatic carbocycles. The normalized spacial score (nSPS) is 11.1. The van der Waals surface area contributed by atoms with Gasteiger partial charge < -0.3 is 11.5 Å². The molecule has 0 aromatic heterocycles. The minimum atomic E-state index is 0.252. The maximum absolute atomic E-state index is 6.11. The molecule has 2 heteroatoms. The van der Waals surface area contributed by atoms with Crippen LogP contribution < -0.4 is 11.5 Å². The fraction of sp³-hybridized carbons (Fsp3) is 0.667. The van der Waals surface area contributed by atoms with Crippen LogP contribution in [0.2, 0.25) is 0 Å². The van der Waals surface area contributed by atoms with E-state index in [4.69, 9.17) is 11.5 Å². The molecule has 0 fully saturated rings. The Morgan fingerprint density at radius 1 is 0.950 bits per heavy atom. The molecule has 0 radical (unpaired) electrons. The molecule has 0 aliphatic rings. The zero-order valence-electron chi connectivity index (χ0n) is 14.9. The zero-order valence-corrected chi connectivity index (χ0v) is 14.9. The lowest BCUT2D eigenvalue weighted by Gasteiger charge is -2.15. The predicted octanol–water partition coefficient (Wildman–Crippen LogP) is 4.85. The minimum absolute atomic E-state index is 0.252. The van der Waals surface area contributed by atoms with E-state index in [1.165, 1.54) is 5.56 Å². The SMILES string of the molecule is CC.CC.Cc1cc(CC(N)CC(C)C)cc(C)c1N. The number of anilines is 1. The monoisotopic (exact) mass is 280 g/mol. The van der Waals surface area contributed by atoms with Crippen molar-refractivity contribution in [2.75, 3.05) is 5.73 Å². The van der Waals surface area contributed by atoms with Crippen LogP contribution in [-0.4, -0.2) is 6.04 Å². The van der Waals surface area contributed by atoms with Crippen molar-refractivity contribution in [3.63, 3.8) is 0 Å². The van der Waals surface area contributed by atoms with Crippen molar-refractivity contribution in [3.05, 3.63) is 28.8 Å². The molecule has 0 aliphatic heterocycles. The summed E-state index contributed by atoms with van der Waals surface area (Å²) in [6.45, 7) is 16.5. The van der Waals surface area contributed by atoms with Gasteiger partial charge in [-0.2, -0.15) is 0 Å². The third-order valence-corrected chi connectivity index (χ3v) is 2.93. The number of benzene rings is 1. The van der Waals surface area contributed by atoms with E-state index >= 15 is 0 Å². The van der Waals surface area contributed by atoms with E-state index < -0.39 is 0 Å². The molecule has 1 aromatic rings. The Morgan fingerprint density at radius 2 is 1.35 bits per heavy atom. The van der Waals surface area contributed by atoms with Crippen molar-refractivity contribution in [3.8, 4) is 0 Å². The van der Waals surface area contributed by atoms with Crippen LogP contribution in [0.3, 0.4) is 0 Å². The second-order valence-electron chi connectivity index (χ2n) is 5.24. The van der Waals surface area contributed by atoms with E-state index in [1.54, 1.807) is 0 Å². The van der Waals surface area contributed by atoms with Crippen LogP contribution in [0, 0.1) is 19.8 Å². The lowest BCUT2D eigenvalue weighted by atomic mass is 9.95. The summed E-state index contributed by atoms with van der Waals surface area (Å²) in [5, 5.41) is 0. The van der Waals surface area contributed by atoms with Gasteiger partial charge in [-0.15, -0.1) is 0 Å². The lowest BCUT2D eigenvalue weighted by Crippen LogP contribution is -2.24. The van der Waals surface area contributed by atoms with E-state index in [0.717, 1.165) is 29.7 Å². The van der Waals surface area contributed by atoms with Crippen LogP contribution >= 0.6 is 0 Å². The summed E-state index contributed by atoms with van der Waals surface area (Å²) in [5.41, 5.74) is 16.6. The fourth-order valence-electron chi connectivity index (χ4n) is 2.17. The quantitative estimate of drug-likeness (QED) is 0.774. The molecule has 20 heavy (non-hydrogen) atoms. The molecule has 0 aliphatic carbocycles. The smallest absolute Gasteiger partial charge is 0.0373 e. The van der Waals surface area contributed by atoms with Gasteiger partial charge in [0.15, 0.2) is 0 Å². The number of hydrogen-bond acceptors (Lipinski definition) is 2. The first kappa shape index (κ1) is 21.3. The number of rotatable bonds is 4. The topological polar surface area (TPSA) is 52.0 Å². The van der Waals surface area contributed by atoms with Crippen LogP contribution in [0.4, 0.5) is 5.69 Å². The highest BCUT2D eigenvalue weighted by atomic mass is 14.6. The molecule has 0 bridgehead atoms. The van der Waals surface area contributed by atoms with Gasteiger partial charge in [0.25, 0.3) is 0 Å². The van der Waals surface area contributed by atoms with Crippen molar-refractivity contribution < 1.29 is 0 Å². The van der Waals surface area contributed by atoms with Crippen molar-refractivity contribution in [1.29, 1.82) is 0 Å². The molecular formula is C18H36N2. The van der Waals surface area contributed by atoms with Gasteiger partial charge in [-0.05, 0) is 49.3 Å². The molecule has 1 unspecified atom stereocenters. The van der Waals surface area contributed by atoms with Gasteiger partial charge in [0.05, 0.1) is 0 Å². The standard InChI is InChI=1S/C14H24N2.2C2H6/c1-9(2)5-13(15)8-12-6-10(3)14(16)11(4)7-12;2*1-2/h6-7,9,13H,5,8,15-16H2,1-4H3;2*1-2H3. The van der Waals surface area contributed by atoms with Crippen LogP contribution in [0.1, 0.15) is 64.7 Å². The van der Waals surface area contributed by atoms with Crippen molar-refractivity contribution in [1.82, 2.24) is 0 Å². The van der Waals surface area contributed by atoms with Gasteiger partial charge in [0, 0.05) is 11.7 Å². The molecule has 0 spiro atoms. The summed E-state index contributed by atoms with van der Waals surface area (Å²) in [6.07, 6.45) is 2.02. The third-order valence-electron chi connectivity index (χ3n) is 2.93. The molecule has 2 nitrogen and oxygen atoms in total. The zero-order chi connectivity index (χ0) is 16.3. The van der Waals surface area contributed by atoms with Crippen LogP contribution in [0.5, 0.6) is 0 Å². The van der Waals surface area contributed by atoms with E-state index in [1.807, 2.05) is 27.7 Å². The summed E-state index contributed by atoms with van der Waals surface area (Å²) in [6, 6.07) is 4.56. The van der Waals surface area contributed by atoms with Gasteiger partial charge >= 0.3 is 0 Å². The van der Waals surface area contributed by atoms with Gasteiger partial charge in [-0.3, -0.25) is 0 Å². The second kappa shape index (κ2) is 11.8. The fourth-order valence-corrected chi connectivity index (χ4v) is 2.17. The molecule has 0 saturated heterocycles. The summed E-state index contributed by atoms with van der Waals surface area (Å²) in [7, 11) is 0. The minimum Gasteiger partial charge on any atom is -0.398 e. The average Bonchev–Trinajstić information content (AvgIpc) is 2.39. The number of nitrogen functional groups attached to an aromatic ring is 1. The average molecular weight is 280 g/mol. The highest BCUT2D eigenvalue weighted by Gasteiger charge is 2.08. The molecule has 0 saturated carbocycles. The van der Waals surface area contributed by atoms with Crippen molar-refractivity contribution in [2.24, 2.45) is 11.7 Å². The maximum atomic E-state index is 6.11. The van der Waals surface area contributed by atoms with E-state index in [0.29, 0.717) is 5.92 Å². The summed E-state index contributed by atoms with van der Waals surface area (Å²) in [5.74, 6) is 0.658. The molecule has 4 N–H and O–H groups in total. The summed E-state index contributed by atoms with van der Waals surface area (Å²) < 4.78 is 0. The van der Waals surface area contributed by atoms with Gasteiger partial charge in [0.1, 0.15) is 0 Å². The lowest BCUT2D eigenvalue weighted by molar-refractivity contribution is 0.493. The highest BCUT2D eigenvalue weighted by molar-refractivity contribution is 5.54. The predicted molar refractivity (Wildman–Crippen MR) is 94.2 cm³/mol. The second-order valence-corrected chi connectivity index (χ2v) is 5.24. The molecule has 1 rings (SSSR count). The molecule has 0 heterocycles. The molecule has 118 valence electrons. The first-order chi connectivity index (χ1) is 9.40. The number of nitrogens with two attached hydrogens (primary N) is 2. The van der Waals surface area contributed by atoms with E-state index in [-0.39, 0.29) is 6.04 Å². The Labute approximate surface area is 127 Å². The summed E-state index contributed by atoms with van der Waals surface area (Å²) in [4.78, 5) is 0. The Hall–Kier alpha value is -1.02. The van der Waals surface area contributed by atoms with E-state index in [2.05, 4.69) is 39.8 Å². The Balaban J connectivity index is 0. The Bertz CT molecular complexity index is 333. The maximum Gasteiger partial charge on any atom is 0.0373 e. The number of aryl methyl sites for hydroxylation is 2. The third kappa shape index (κ3) is 8.21. The van der Waals surface area contributed by atoms with Crippen molar-refractivity contribution in [2.45, 2.75) is 74.3 Å². The van der Waals surface area contributed by atoms with Gasteiger partial charge in [-0.1, -0.05) is 53.7 Å². The largest absolute Gasteiger partial charge is 0.398 e. The first-order valence-corrected chi connectivity index (χ1v) is 8.01. The van der Waals surface area contributed by atoms with Crippen LogP contribution in [0.15, 0.2) is 12.1 Å². The van der Waals surface area contributed by atoms with Crippen molar-refractivity contribution >= 4 is 5.69 Å². The Kier molecular flexibility index (Phi) is 12.5. The van der Waals surface area contributed by atoms with E-state index in [9.17, 15) is 0 Å². The molecule has 0 amide bonds. The van der Waals surface area contributed by atoms with Gasteiger partial charge in [0.2, 0.25) is 0 Å². The first-order valence-electron chi connectivity index (χ1n) is 8.01. The molecular weight excluding hydrogens is 244 g/mol. The van der Waals surface area contributed by atoms with Crippen LogP contribution in [-0.2, 0) is 6.42 Å². The highest BCUT2D eigenvalue weighted by Crippen LogP contribution is 2.20. The van der Waals surface area contributed by atoms with Gasteiger partial charge in [-0.25, -0.2) is 0 Å². The number of hydrogen-bond donors (Lipinski definition) is 2. The van der Waals surface area contributed by atoms with Crippen LogP contribution in [0.25, 0.3) is 0 Å². The summed E-state index contributed by atoms with van der Waals surface area (Å²) >= 11 is 0. The molecule has 1 atom stereocenters. The Morgan fingerprint density at radius 3 is 1.70 bits per heavy atom.